The zero-order valence-electron chi connectivity index (χ0n) is 24.8. The summed E-state index contributed by atoms with van der Waals surface area (Å²) in [6.07, 6.45) is 2.26. The van der Waals surface area contributed by atoms with Crippen LogP contribution in [0.5, 0.6) is 0 Å². The minimum Gasteiger partial charge on any atom is -0.370 e. The number of amides is 5. The number of aromatic amines is 1. The van der Waals surface area contributed by atoms with Crippen LogP contribution < -0.4 is 16.4 Å². The molecule has 0 unspecified atom stereocenters. The smallest absolute Gasteiger partial charge is 0.370 e. The van der Waals surface area contributed by atoms with E-state index in [1.807, 2.05) is 6.92 Å². The molecule has 0 radical (unpaired) electrons. The second-order valence-corrected chi connectivity index (χ2v) is 13.1. The van der Waals surface area contributed by atoms with Crippen LogP contribution in [-0.4, -0.2) is 91.4 Å². The van der Waals surface area contributed by atoms with Gasteiger partial charge >= 0.3 is 13.3 Å². The summed E-state index contributed by atoms with van der Waals surface area (Å²) >= 11 is 0. The highest BCUT2D eigenvalue weighted by Crippen LogP contribution is 2.59. The zero-order valence-corrected chi connectivity index (χ0v) is 25.7. The standard InChI is InChI=1S/C28H37F2N6O8P/c1-3-18(5-9-24(31)38)32-26(40)23-8-6-19-10-11-35(15(2)37)14-22(27(41)36(19)23)34-25(39)21-13-16-12-17(4-7-20(16)33-21)28(29,30)45(42,43)44/h4,7,12-13,18-19,22-23,33H,3,5-6,8-11,14H2,1-2H3,(H2,31,38)(H,32,40)(H,34,39)(H2,42,43,44)/t18-,19-,22+,23+/m1/s1. The SMILES string of the molecule is CC[C@H](CCC(N)=O)NC(=O)[C@@H]1CC[C@@H]2CCN(C(C)=O)C[C@H](NC(=O)c3cc4cc(C(F)(F)P(=O)(O)O)ccc4[nH]3)C(=O)N21. The van der Waals surface area contributed by atoms with E-state index in [1.165, 1.54) is 22.8 Å². The highest BCUT2D eigenvalue weighted by molar-refractivity contribution is 7.52. The molecule has 0 spiro atoms. The number of primary amides is 1. The van der Waals surface area contributed by atoms with Crippen molar-refractivity contribution in [1.29, 1.82) is 0 Å². The molecule has 0 bridgehead atoms. The average Bonchev–Trinajstić information content (AvgIpc) is 3.58. The molecule has 4 rings (SSSR count). The second-order valence-electron chi connectivity index (χ2n) is 11.5. The summed E-state index contributed by atoms with van der Waals surface area (Å²) < 4.78 is 39.8. The average molecular weight is 655 g/mol. The van der Waals surface area contributed by atoms with Gasteiger partial charge in [-0.2, -0.15) is 8.78 Å². The van der Waals surface area contributed by atoms with Crippen molar-refractivity contribution < 1.29 is 47.1 Å². The minimum atomic E-state index is -5.82. The van der Waals surface area contributed by atoms with Crippen molar-refractivity contribution in [3.63, 3.8) is 0 Å². The lowest BCUT2D eigenvalue weighted by molar-refractivity contribution is -0.145. The molecular formula is C28H37F2N6O8P. The van der Waals surface area contributed by atoms with Crippen molar-refractivity contribution in [3.05, 3.63) is 35.5 Å². The van der Waals surface area contributed by atoms with Gasteiger partial charge in [-0.1, -0.05) is 13.0 Å². The molecule has 246 valence electrons. The van der Waals surface area contributed by atoms with Crippen molar-refractivity contribution in [3.8, 4) is 0 Å². The fourth-order valence-corrected chi connectivity index (χ4v) is 6.34. The summed E-state index contributed by atoms with van der Waals surface area (Å²) in [7, 11) is -5.82. The summed E-state index contributed by atoms with van der Waals surface area (Å²) in [4.78, 5) is 88.1. The molecule has 2 aliphatic rings. The predicted molar refractivity (Wildman–Crippen MR) is 157 cm³/mol. The summed E-state index contributed by atoms with van der Waals surface area (Å²) in [5.41, 5.74) is -0.0441. The van der Waals surface area contributed by atoms with Crippen molar-refractivity contribution in [1.82, 2.24) is 25.4 Å². The van der Waals surface area contributed by atoms with Crippen LogP contribution in [0.25, 0.3) is 10.9 Å². The third kappa shape index (κ3) is 7.34. The lowest BCUT2D eigenvalue weighted by atomic mass is 10.1. The number of nitrogens with two attached hydrogens (primary N) is 1. The van der Waals surface area contributed by atoms with Gasteiger partial charge in [0, 0.05) is 55.0 Å². The third-order valence-corrected chi connectivity index (χ3v) is 9.39. The van der Waals surface area contributed by atoms with Gasteiger partial charge in [-0.15, -0.1) is 0 Å². The Balaban J connectivity index is 1.57. The monoisotopic (exact) mass is 654 g/mol. The van der Waals surface area contributed by atoms with Gasteiger partial charge in [0.2, 0.25) is 23.6 Å². The fourth-order valence-electron chi connectivity index (χ4n) is 5.86. The molecule has 17 heteroatoms. The fraction of sp³-hybridized carbons (Fsp3) is 0.536. The van der Waals surface area contributed by atoms with Gasteiger partial charge in [0.1, 0.15) is 17.8 Å². The first-order chi connectivity index (χ1) is 21.0. The Kier molecular flexibility index (Phi) is 10.00. The van der Waals surface area contributed by atoms with Crippen LogP contribution in [0.4, 0.5) is 8.78 Å². The maximum Gasteiger partial charge on any atom is 0.399 e. The molecule has 1 aromatic carbocycles. The molecule has 0 aliphatic carbocycles. The maximum atomic E-state index is 14.3. The van der Waals surface area contributed by atoms with Crippen LogP contribution in [0.3, 0.4) is 0 Å². The van der Waals surface area contributed by atoms with Gasteiger partial charge in [-0.25, -0.2) is 0 Å². The molecule has 14 nitrogen and oxygen atoms in total. The Hall–Kier alpha value is -3.88. The number of rotatable bonds is 10. The Morgan fingerprint density at radius 3 is 2.51 bits per heavy atom. The quantitative estimate of drug-likeness (QED) is 0.205. The number of fused-ring (bicyclic) bond motifs is 2. The Labute approximate surface area is 257 Å². The van der Waals surface area contributed by atoms with Gasteiger partial charge in [0.25, 0.3) is 5.91 Å². The second kappa shape index (κ2) is 13.2. The summed E-state index contributed by atoms with van der Waals surface area (Å²) in [6, 6.07) is 1.24. The lowest BCUT2D eigenvalue weighted by Gasteiger charge is -2.38. The van der Waals surface area contributed by atoms with Gasteiger partial charge in [0.05, 0.1) is 0 Å². The Morgan fingerprint density at radius 1 is 1.18 bits per heavy atom. The predicted octanol–water partition coefficient (Wildman–Crippen LogP) is 1.27. The number of aromatic nitrogens is 1. The molecule has 45 heavy (non-hydrogen) atoms. The summed E-state index contributed by atoms with van der Waals surface area (Å²) in [5.74, 6) is -2.57. The first-order valence-electron chi connectivity index (χ1n) is 14.6. The molecule has 1 aromatic heterocycles. The number of halogens is 2. The van der Waals surface area contributed by atoms with E-state index in [-0.39, 0.29) is 54.1 Å². The molecule has 2 aliphatic heterocycles. The first-order valence-corrected chi connectivity index (χ1v) is 16.2. The van der Waals surface area contributed by atoms with Crippen molar-refractivity contribution in [2.45, 2.75) is 82.2 Å². The van der Waals surface area contributed by atoms with Crippen LogP contribution in [0.15, 0.2) is 24.3 Å². The number of nitrogens with one attached hydrogen (secondary N) is 3. The lowest BCUT2D eigenvalue weighted by Crippen LogP contribution is -2.61. The maximum absolute atomic E-state index is 14.3. The zero-order chi connectivity index (χ0) is 33.3. The topological polar surface area (TPSA) is 215 Å². The van der Waals surface area contributed by atoms with E-state index >= 15 is 0 Å². The van der Waals surface area contributed by atoms with E-state index in [2.05, 4.69) is 15.6 Å². The van der Waals surface area contributed by atoms with E-state index in [9.17, 15) is 37.3 Å². The highest BCUT2D eigenvalue weighted by atomic mass is 31.2. The van der Waals surface area contributed by atoms with Gasteiger partial charge in [-0.3, -0.25) is 28.5 Å². The van der Waals surface area contributed by atoms with E-state index in [0.29, 0.717) is 32.1 Å². The number of nitrogens with zero attached hydrogens (tertiary/aromatic N) is 2. The Morgan fingerprint density at radius 2 is 1.89 bits per heavy atom. The third-order valence-electron chi connectivity index (χ3n) is 8.40. The van der Waals surface area contributed by atoms with Crippen LogP contribution in [0.2, 0.25) is 0 Å². The van der Waals surface area contributed by atoms with E-state index in [4.69, 9.17) is 15.5 Å². The molecule has 4 atom stereocenters. The van der Waals surface area contributed by atoms with Gasteiger partial charge in [-0.05, 0) is 50.3 Å². The molecule has 3 heterocycles. The van der Waals surface area contributed by atoms with Gasteiger partial charge < -0.3 is 40.9 Å². The van der Waals surface area contributed by atoms with Crippen molar-refractivity contribution >= 4 is 48.0 Å². The molecule has 2 aromatic rings. The van der Waals surface area contributed by atoms with Crippen LogP contribution in [-0.2, 0) is 29.4 Å². The largest absolute Gasteiger partial charge is 0.399 e. The van der Waals surface area contributed by atoms with Crippen molar-refractivity contribution in [2.75, 3.05) is 13.1 Å². The highest BCUT2D eigenvalue weighted by Gasteiger charge is 2.50. The van der Waals surface area contributed by atoms with Gasteiger partial charge in [0.15, 0.2) is 0 Å². The molecular weight excluding hydrogens is 617 g/mol. The normalized spacial score (nSPS) is 21.6. The first kappa shape index (κ1) is 34.0. The minimum absolute atomic E-state index is 0.0679. The van der Waals surface area contributed by atoms with E-state index in [0.717, 1.165) is 18.2 Å². The number of carbonyl (C=O) groups excluding carboxylic acids is 5. The summed E-state index contributed by atoms with van der Waals surface area (Å²) in [5, 5.41) is 5.58. The molecule has 2 saturated heterocycles. The number of H-pyrrole nitrogens is 1. The number of hydrogen-bond acceptors (Lipinski definition) is 6. The van der Waals surface area contributed by atoms with E-state index < -0.39 is 54.5 Å². The molecule has 2 fully saturated rings. The number of benzene rings is 1. The van der Waals surface area contributed by atoms with Crippen molar-refractivity contribution in [2.24, 2.45) is 5.73 Å². The molecule has 0 saturated carbocycles. The number of carbonyl (C=O) groups is 5. The summed E-state index contributed by atoms with van der Waals surface area (Å²) in [6.45, 7) is 3.30. The molecule has 5 amide bonds. The van der Waals surface area contributed by atoms with Crippen LogP contribution in [0, 0.1) is 0 Å². The van der Waals surface area contributed by atoms with Crippen LogP contribution >= 0.6 is 7.60 Å². The van der Waals surface area contributed by atoms with Crippen LogP contribution in [0.1, 0.15) is 68.4 Å². The van der Waals surface area contributed by atoms with E-state index in [1.54, 1.807) is 0 Å². The Bertz CT molecular complexity index is 1540. The number of alkyl halides is 2. The number of hydrogen-bond donors (Lipinski definition) is 6. The molecule has 7 N–H and O–H groups in total.